The highest BCUT2D eigenvalue weighted by Gasteiger charge is 1.91. The average molecular weight is 271 g/mol. The first-order valence-electron chi connectivity index (χ1n) is 2.49. The van der Waals surface area contributed by atoms with E-state index >= 15 is 0 Å². The van der Waals surface area contributed by atoms with Gasteiger partial charge in [-0.1, -0.05) is 15.9 Å². The Morgan fingerprint density at radius 3 is 2.70 bits per heavy atom. The fourth-order valence-corrected chi connectivity index (χ4v) is 0.828. The summed E-state index contributed by atoms with van der Waals surface area (Å²) in [7, 11) is 0. The van der Waals surface area contributed by atoms with Crippen LogP contribution in [0.25, 0.3) is 0 Å². The predicted octanol–water partition coefficient (Wildman–Crippen LogP) is 2.69. The zero-order valence-corrected chi connectivity index (χ0v) is 8.35. The van der Waals surface area contributed by atoms with Crippen molar-refractivity contribution in [3.63, 3.8) is 0 Å². The van der Waals surface area contributed by atoms with E-state index in [1.165, 1.54) is 18.3 Å². The Morgan fingerprint density at radius 2 is 2.30 bits per heavy atom. The van der Waals surface area contributed by atoms with Gasteiger partial charge in [0, 0.05) is 11.5 Å². The summed E-state index contributed by atoms with van der Waals surface area (Å²) in [6.07, 6.45) is 1.45. The zero-order valence-electron chi connectivity index (χ0n) is 5.05. The second-order valence-corrected chi connectivity index (χ2v) is 2.16. The van der Waals surface area contributed by atoms with Gasteiger partial charge < -0.3 is 0 Å². The van der Waals surface area contributed by atoms with Crippen molar-refractivity contribution in [3.8, 4) is 0 Å². The molecule has 0 atom stereocenters. The van der Waals surface area contributed by atoms with Crippen LogP contribution in [0.1, 0.15) is 5.69 Å². The number of aromatic nitrogens is 1. The third-order valence-corrected chi connectivity index (χ3v) is 1.49. The number of hydrogen-bond donors (Lipinski definition) is 0. The molecule has 0 saturated carbocycles. The van der Waals surface area contributed by atoms with E-state index in [1.807, 2.05) is 0 Å². The summed E-state index contributed by atoms with van der Waals surface area (Å²) in [4.78, 5) is 3.87. The summed E-state index contributed by atoms with van der Waals surface area (Å²) < 4.78 is 12.3. The Morgan fingerprint density at radius 1 is 1.60 bits per heavy atom. The third-order valence-electron chi connectivity index (χ3n) is 0.916. The molecule has 1 aromatic heterocycles. The normalized spacial score (nSPS) is 8.60. The second kappa shape index (κ2) is 4.79. The van der Waals surface area contributed by atoms with E-state index in [4.69, 9.17) is 0 Å². The minimum Gasteiger partial charge on any atom is -0.260 e. The van der Waals surface area contributed by atoms with Crippen LogP contribution in [0, 0.1) is 5.82 Å². The van der Waals surface area contributed by atoms with Gasteiger partial charge in [-0.25, -0.2) is 4.39 Å². The van der Waals surface area contributed by atoms with Crippen LogP contribution >= 0.6 is 32.9 Å². The lowest BCUT2D eigenvalue weighted by Gasteiger charge is -1.90. The first kappa shape index (κ1) is 10.0. The molecule has 1 nitrogen and oxygen atoms in total. The number of hydrogen-bond acceptors (Lipinski definition) is 1. The SMILES string of the molecule is Br.Fc1ccnc(CBr)c1. The quantitative estimate of drug-likeness (QED) is 0.715. The average Bonchev–Trinajstić information content (AvgIpc) is 1.88. The molecule has 56 valence electrons. The second-order valence-electron chi connectivity index (χ2n) is 1.60. The lowest BCUT2D eigenvalue weighted by Crippen LogP contribution is -1.83. The number of rotatable bonds is 1. The van der Waals surface area contributed by atoms with Gasteiger partial charge in [0.15, 0.2) is 0 Å². The highest BCUT2D eigenvalue weighted by atomic mass is 79.9. The molecule has 0 unspecified atom stereocenters. The van der Waals surface area contributed by atoms with Crippen molar-refractivity contribution in [2.24, 2.45) is 0 Å². The van der Waals surface area contributed by atoms with Crippen molar-refractivity contribution in [2.75, 3.05) is 0 Å². The van der Waals surface area contributed by atoms with Crippen LogP contribution in [0.2, 0.25) is 0 Å². The van der Waals surface area contributed by atoms with E-state index < -0.39 is 0 Å². The van der Waals surface area contributed by atoms with Crippen LogP contribution in [0.5, 0.6) is 0 Å². The molecule has 1 heterocycles. The van der Waals surface area contributed by atoms with Crippen molar-refractivity contribution in [2.45, 2.75) is 5.33 Å². The van der Waals surface area contributed by atoms with Gasteiger partial charge in [0.05, 0.1) is 5.69 Å². The van der Waals surface area contributed by atoms with Crippen molar-refractivity contribution >= 4 is 32.9 Å². The summed E-state index contributed by atoms with van der Waals surface area (Å²) in [5.74, 6) is -0.237. The maximum Gasteiger partial charge on any atom is 0.126 e. The van der Waals surface area contributed by atoms with E-state index in [9.17, 15) is 4.39 Å². The molecule has 0 N–H and O–H groups in total. The van der Waals surface area contributed by atoms with Gasteiger partial charge in [0.1, 0.15) is 5.82 Å². The lowest BCUT2D eigenvalue weighted by atomic mass is 10.4. The number of alkyl halides is 1. The molecule has 0 saturated heterocycles. The van der Waals surface area contributed by atoms with Crippen LogP contribution in [0.15, 0.2) is 18.3 Å². The van der Waals surface area contributed by atoms with Crippen LogP contribution in [0.4, 0.5) is 4.39 Å². The van der Waals surface area contributed by atoms with Crippen LogP contribution in [0.3, 0.4) is 0 Å². The number of halogens is 3. The van der Waals surface area contributed by atoms with Crippen molar-refractivity contribution < 1.29 is 4.39 Å². The highest BCUT2D eigenvalue weighted by molar-refractivity contribution is 9.08. The fraction of sp³-hybridized carbons (Fsp3) is 0.167. The summed E-state index contributed by atoms with van der Waals surface area (Å²) in [5.41, 5.74) is 0.718. The van der Waals surface area contributed by atoms with Gasteiger partial charge in [-0.15, -0.1) is 17.0 Å². The largest absolute Gasteiger partial charge is 0.260 e. The summed E-state index contributed by atoms with van der Waals surface area (Å²) in [6, 6.07) is 2.72. The number of nitrogens with zero attached hydrogens (tertiary/aromatic N) is 1. The Kier molecular flexibility index (Phi) is 4.81. The monoisotopic (exact) mass is 269 g/mol. The molecule has 0 aliphatic heterocycles. The van der Waals surface area contributed by atoms with Gasteiger partial charge in [-0.05, 0) is 12.1 Å². The topological polar surface area (TPSA) is 12.9 Å². The molecule has 1 aromatic rings. The minimum absolute atomic E-state index is 0. The molecule has 0 amide bonds. The first-order valence-corrected chi connectivity index (χ1v) is 3.61. The van der Waals surface area contributed by atoms with Gasteiger partial charge in [0.2, 0.25) is 0 Å². The van der Waals surface area contributed by atoms with Crippen molar-refractivity contribution in [1.82, 2.24) is 4.98 Å². The zero-order chi connectivity index (χ0) is 6.69. The van der Waals surface area contributed by atoms with E-state index in [1.54, 1.807) is 0 Å². The molecule has 10 heavy (non-hydrogen) atoms. The molecular formula is C6H6Br2FN. The molecule has 0 aliphatic rings. The first-order chi connectivity index (χ1) is 4.33. The summed E-state index contributed by atoms with van der Waals surface area (Å²) >= 11 is 3.16. The fourth-order valence-electron chi connectivity index (χ4n) is 0.522. The van der Waals surface area contributed by atoms with E-state index in [0.717, 1.165) is 5.69 Å². The standard InChI is InChI=1S/C6H5BrFN.BrH/c7-4-6-3-5(8)1-2-9-6;/h1-3H,4H2;1H. The van der Waals surface area contributed by atoms with Crippen LogP contribution in [-0.2, 0) is 5.33 Å². The van der Waals surface area contributed by atoms with Gasteiger partial charge in [0.25, 0.3) is 0 Å². The predicted molar refractivity (Wildman–Crippen MR) is 47.1 cm³/mol. The summed E-state index contributed by atoms with van der Waals surface area (Å²) in [5, 5.41) is 0.602. The van der Waals surface area contributed by atoms with Crippen LogP contribution < -0.4 is 0 Å². The lowest BCUT2D eigenvalue weighted by molar-refractivity contribution is 0.623. The Hall–Kier alpha value is 0.0400. The maximum atomic E-state index is 12.3. The van der Waals surface area contributed by atoms with Crippen LogP contribution in [-0.4, -0.2) is 4.98 Å². The minimum atomic E-state index is -0.237. The van der Waals surface area contributed by atoms with E-state index in [0.29, 0.717) is 5.33 Å². The van der Waals surface area contributed by atoms with Gasteiger partial charge in [-0.2, -0.15) is 0 Å². The Bertz CT molecular complexity index is 205. The number of pyridine rings is 1. The Labute approximate surface area is 77.6 Å². The van der Waals surface area contributed by atoms with Crippen molar-refractivity contribution in [3.05, 3.63) is 29.8 Å². The third kappa shape index (κ3) is 2.75. The van der Waals surface area contributed by atoms with E-state index in [-0.39, 0.29) is 22.8 Å². The van der Waals surface area contributed by atoms with Gasteiger partial charge in [-0.3, -0.25) is 4.98 Å². The maximum absolute atomic E-state index is 12.3. The molecule has 0 aliphatic carbocycles. The van der Waals surface area contributed by atoms with E-state index in [2.05, 4.69) is 20.9 Å². The summed E-state index contributed by atoms with van der Waals surface area (Å²) in [6.45, 7) is 0. The van der Waals surface area contributed by atoms with Crippen molar-refractivity contribution in [1.29, 1.82) is 0 Å². The molecule has 4 heteroatoms. The molecule has 0 bridgehead atoms. The smallest absolute Gasteiger partial charge is 0.126 e. The molecule has 0 fully saturated rings. The molecule has 0 radical (unpaired) electrons. The molecule has 0 spiro atoms. The molecule has 0 aromatic carbocycles. The molecular weight excluding hydrogens is 265 g/mol. The molecule has 1 rings (SSSR count). The highest BCUT2D eigenvalue weighted by Crippen LogP contribution is 2.02. The van der Waals surface area contributed by atoms with Gasteiger partial charge >= 0.3 is 0 Å². The Balaban J connectivity index is 0.000000810.